The van der Waals surface area contributed by atoms with Gasteiger partial charge in [0.2, 0.25) is 0 Å². The SMILES string of the molecule is COCCn1c(C)cc(C(=O)CN2C(=O)C(=O)N(c3ccc(OC)cc3)C2=O)c1C. The standard InChI is InChI=1S/C21H23N3O6/c1-13-11-17(14(2)22(13)9-10-29-3)18(25)12-23-19(26)20(27)24(21(23)28)15-5-7-16(30-4)8-6-15/h5-8,11H,9-10,12H2,1-4H3. The van der Waals surface area contributed by atoms with E-state index in [2.05, 4.69) is 0 Å². The van der Waals surface area contributed by atoms with Crippen molar-refractivity contribution >= 4 is 29.3 Å². The number of anilines is 1. The maximum Gasteiger partial charge on any atom is 0.339 e. The fourth-order valence-electron chi connectivity index (χ4n) is 3.44. The molecule has 0 N–H and O–H groups in total. The van der Waals surface area contributed by atoms with Crippen molar-refractivity contribution in [2.75, 3.05) is 32.3 Å². The first-order valence-corrected chi connectivity index (χ1v) is 9.33. The molecule has 1 saturated heterocycles. The predicted molar refractivity (Wildman–Crippen MR) is 108 cm³/mol. The van der Waals surface area contributed by atoms with Crippen molar-refractivity contribution in [2.45, 2.75) is 20.4 Å². The largest absolute Gasteiger partial charge is 0.497 e. The Balaban J connectivity index is 1.81. The van der Waals surface area contributed by atoms with Crippen LogP contribution in [-0.4, -0.2) is 60.5 Å². The van der Waals surface area contributed by atoms with Gasteiger partial charge in [-0.05, 0) is 44.2 Å². The zero-order valence-electron chi connectivity index (χ0n) is 17.3. The molecule has 0 bridgehead atoms. The summed E-state index contributed by atoms with van der Waals surface area (Å²) in [5.41, 5.74) is 2.21. The van der Waals surface area contributed by atoms with Gasteiger partial charge >= 0.3 is 17.8 Å². The van der Waals surface area contributed by atoms with Gasteiger partial charge in [0.1, 0.15) is 5.75 Å². The molecule has 0 unspecified atom stereocenters. The van der Waals surface area contributed by atoms with E-state index in [1.54, 1.807) is 32.2 Å². The number of imide groups is 2. The topological polar surface area (TPSA) is 98.2 Å². The first-order valence-electron chi connectivity index (χ1n) is 9.33. The van der Waals surface area contributed by atoms with E-state index >= 15 is 0 Å². The van der Waals surface area contributed by atoms with Crippen molar-refractivity contribution in [3.63, 3.8) is 0 Å². The molecule has 1 aliphatic heterocycles. The Bertz CT molecular complexity index is 1010. The van der Waals surface area contributed by atoms with Gasteiger partial charge in [0.05, 0.1) is 25.9 Å². The monoisotopic (exact) mass is 413 g/mol. The first kappa shape index (κ1) is 21.3. The molecule has 0 aliphatic carbocycles. The molecule has 9 heteroatoms. The summed E-state index contributed by atoms with van der Waals surface area (Å²) in [7, 11) is 3.08. The highest BCUT2D eigenvalue weighted by atomic mass is 16.5. The number of nitrogens with zero attached hydrogens (tertiary/aromatic N) is 3. The molecule has 1 fully saturated rings. The average Bonchev–Trinajstić information content (AvgIpc) is 3.14. The number of ether oxygens (including phenoxy) is 2. The number of rotatable bonds is 8. The second-order valence-corrected chi connectivity index (χ2v) is 6.86. The van der Waals surface area contributed by atoms with Gasteiger partial charge in [-0.25, -0.2) is 14.6 Å². The normalized spacial score (nSPS) is 14.1. The van der Waals surface area contributed by atoms with Crippen molar-refractivity contribution in [2.24, 2.45) is 0 Å². The van der Waals surface area contributed by atoms with Crippen LogP contribution in [0.15, 0.2) is 30.3 Å². The van der Waals surface area contributed by atoms with Crippen LogP contribution in [-0.2, 0) is 20.9 Å². The third-order valence-corrected chi connectivity index (χ3v) is 5.08. The number of Topliss-reactive ketones (excluding diaryl/α,β-unsaturated/α-hetero) is 1. The molecule has 2 aromatic rings. The second kappa shape index (κ2) is 8.50. The van der Waals surface area contributed by atoms with E-state index < -0.39 is 30.2 Å². The number of urea groups is 1. The summed E-state index contributed by atoms with van der Waals surface area (Å²) in [6.07, 6.45) is 0. The Morgan fingerprint density at radius 2 is 1.67 bits per heavy atom. The Kier molecular flexibility index (Phi) is 6.02. The molecule has 0 spiro atoms. The van der Waals surface area contributed by atoms with Crippen LogP contribution in [0.3, 0.4) is 0 Å². The zero-order valence-corrected chi connectivity index (χ0v) is 17.3. The van der Waals surface area contributed by atoms with Crippen LogP contribution >= 0.6 is 0 Å². The van der Waals surface area contributed by atoms with Gasteiger partial charge in [0.15, 0.2) is 5.78 Å². The van der Waals surface area contributed by atoms with Crippen LogP contribution in [0.1, 0.15) is 21.7 Å². The van der Waals surface area contributed by atoms with E-state index in [4.69, 9.17) is 9.47 Å². The Morgan fingerprint density at radius 3 is 2.27 bits per heavy atom. The fraction of sp³-hybridized carbons (Fsp3) is 0.333. The molecule has 2 heterocycles. The lowest BCUT2D eigenvalue weighted by atomic mass is 10.1. The molecule has 158 valence electrons. The lowest BCUT2D eigenvalue weighted by Crippen LogP contribution is -2.37. The van der Waals surface area contributed by atoms with Gasteiger partial charge in [-0.1, -0.05) is 0 Å². The van der Waals surface area contributed by atoms with E-state index in [-0.39, 0.29) is 5.69 Å². The van der Waals surface area contributed by atoms with E-state index in [0.717, 1.165) is 10.6 Å². The van der Waals surface area contributed by atoms with Crippen molar-refractivity contribution in [3.8, 4) is 5.75 Å². The quantitative estimate of drug-likeness (QED) is 0.373. The highest BCUT2D eigenvalue weighted by Gasteiger charge is 2.46. The molecule has 3 rings (SSSR count). The number of amides is 4. The minimum atomic E-state index is -1.03. The van der Waals surface area contributed by atoms with E-state index in [9.17, 15) is 19.2 Å². The summed E-state index contributed by atoms with van der Waals surface area (Å²) in [6, 6.07) is 7.00. The Hall–Kier alpha value is -3.46. The van der Waals surface area contributed by atoms with Gasteiger partial charge in [-0.2, -0.15) is 0 Å². The van der Waals surface area contributed by atoms with E-state index in [1.165, 1.54) is 19.2 Å². The molecule has 9 nitrogen and oxygen atoms in total. The molecule has 1 aromatic heterocycles. The molecule has 4 amide bonds. The average molecular weight is 413 g/mol. The number of benzene rings is 1. The minimum absolute atomic E-state index is 0.229. The van der Waals surface area contributed by atoms with Crippen molar-refractivity contribution in [1.82, 2.24) is 9.47 Å². The van der Waals surface area contributed by atoms with E-state index in [1.807, 2.05) is 11.5 Å². The maximum absolute atomic E-state index is 12.8. The third-order valence-electron chi connectivity index (χ3n) is 5.08. The number of aryl methyl sites for hydroxylation is 1. The summed E-state index contributed by atoms with van der Waals surface area (Å²) >= 11 is 0. The molecule has 30 heavy (non-hydrogen) atoms. The van der Waals surface area contributed by atoms with Crippen LogP contribution in [0.4, 0.5) is 10.5 Å². The summed E-state index contributed by atoms with van der Waals surface area (Å²) in [5.74, 6) is -1.90. The number of methoxy groups -OCH3 is 2. The molecule has 1 aromatic carbocycles. The highest BCUT2D eigenvalue weighted by Crippen LogP contribution is 2.25. The van der Waals surface area contributed by atoms with Gasteiger partial charge in [-0.15, -0.1) is 0 Å². The fourth-order valence-corrected chi connectivity index (χ4v) is 3.44. The molecule has 0 radical (unpaired) electrons. The zero-order chi connectivity index (χ0) is 22.0. The number of carbonyl (C=O) groups excluding carboxylic acids is 4. The Morgan fingerprint density at radius 1 is 1.00 bits per heavy atom. The van der Waals surface area contributed by atoms with Crippen LogP contribution in [0.2, 0.25) is 0 Å². The van der Waals surface area contributed by atoms with Crippen molar-refractivity contribution in [3.05, 3.63) is 47.3 Å². The van der Waals surface area contributed by atoms with Crippen molar-refractivity contribution < 1.29 is 28.7 Å². The maximum atomic E-state index is 12.8. The number of hydrogen-bond donors (Lipinski definition) is 0. The lowest BCUT2D eigenvalue weighted by molar-refractivity contribution is -0.139. The second-order valence-electron chi connectivity index (χ2n) is 6.86. The summed E-state index contributed by atoms with van der Waals surface area (Å²) in [4.78, 5) is 51.8. The molecular formula is C21H23N3O6. The highest BCUT2D eigenvalue weighted by molar-refractivity contribution is 6.53. The van der Waals surface area contributed by atoms with Gasteiger partial charge < -0.3 is 14.0 Å². The molecule has 1 aliphatic rings. The predicted octanol–water partition coefficient (Wildman–Crippen LogP) is 1.94. The summed E-state index contributed by atoms with van der Waals surface area (Å²) < 4.78 is 12.1. The summed E-state index contributed by atoms with van der Waals surface area (Å²) in [5, 5.41) is 0. The summed E-state index contributed by atoms with van der Waals surface area (Å²) in [6.45, 7) is 4.20. The number of aromatic nitrogens is 1. The molecular weight excluding hydrogens is 390 g/mol. The van der Waals surface area contributed by atoms with Crippen LogP contribution in [0.25, 0.3) is 0 Å². The lowest BCUT2D eigenvalue weighted by Gasteiger charge is -2.15. The first-order chi connectivity index (χ1) is 14.3. The van der Waals surface area contributed by atoms with E-state index in [0.29, 0.717) is 35.1 Å². The van der Waals surface area contributed by atoms with Gasteiger partial charge in [0, 0.05) is 30.6 Å². The minimum Gasteiger partial charge on any atom is -0.497 e. The number of hydrogen-bond acceptors (Lipinski definition) is 6. The third kappa shape index (κ3) is 3.71. The smallest absolute Gasteiger partial charge is 0.339 e. The number of ketones is 1. The van der Waals surface area contributed by atoms with Crippen molar-refractivity contribution in [1.29, 1.82) is 0 Å². The number of carbonyl (C=O) groups is 4. The van der Waals surface area contributed by atoms with Gasteiger partial charge in [-0.3, -0.25) is 14.4 Å². The molecule has 0 atom stereocenters. The molecule has 0 saturated carbocycles. The van der Waals surface area contributed by atoms with Crippen LogP contribution in [0.5, 0.6) is 5.75 Å². The van der Waals surface area contributed by atoms with Crippen LogP contribution < -0.4 is 9.64 Å². The Labute approximate surface area is 173 Å². The van der Waals surface area contributed by atoms with Gasteiger partial charge in [0.25, 0.3) is 0 Å². The van der Waals surface area contributed by atoms with Crippen LogP contribution in [0, 0.1) is 13.8 Å².